The average Bonchev–Trinajstić information content (AvgIpc) is 3.11. The van der Waals surface area contributed by atoms with Gasteiger partial charge in [0.15, 0.2) is 0 Å². The van der Waals surface area contributed by atoms with Crippen LogP contribution in [0.4, 0.5) is 5.69 Å². The average molecular weight is 412 g/mol. The summed E-state index contributed by atoms with van der Waals surface area (Å²) in [4.78, 5) is 19.8. The van der Waals surface area contributed by atoms with E-state index in [2.05, 4.69) is 0 Å². The Hall–Kier alpha value is -3.86. The number of carbonyl (C=O) groups is 1. The Kier molecular flexibility index (Phi) is 5.85. The molecule has 0 saturated carbocycles. The summed E-state index contributed by atoms with van der Waals surface area (Å²) in [6, 6.07) is 23.0. The minimum atomic E-state index is -0.177. The van der Waals surface area contributed by atoms with E-state index in [1.807, 2.05) is 86.6 Å². The van der Waals surface area contributed by atoms with Gasteiger partial charge in [0, 0.05) is 5.56 Å². The monoisotopic (exact) mass is 412 g/mol. The van der Waals surface area contributed by atoms with Crippen molar-refractivity contribution in [3.05, 3.63) is 95.2 Å². The van der Waals surface area contributed by atoms with E-state index in [1.54, 1.807) is 18.1 Å². The molecule has 0 radical (unpaired) electrons. The molecular weight excluding hydrogens is 388 g/mol. The number of methoxy groups -OCH3 is 1. The molecule has 0 spiro atoms. The van der Waals surface area contributed by atoms with Crippen molar-refractivity contribution >= 4 is 23.5 Å². The summed E-state index contributed by atoms with van der Waals surface area (Å²) < 4.78 is 10.8. The Balaban J connectivity index is 1.78. The van der Waals surface area contributed by atoms with E-state index in [0.29, 0.717) is 18.1 Å². The molecular formula is C26H24N2O3. The normalized spacial score (nSPS) is 14.7. The fourth-order valence-corrected chi connectivity index (χ4v) is 3.48. The lowest BCUT2D eigenvalue weighted by molar-refractivity contribution is -0.113. The molecule has 0 bridgehead atoms. The SMILES string of the molecule is CCOc1ccc(N2C(=O)/C(=C\c3cccc(OC)c3)N=C2c2cccc(C)c2)cc1. The van der Waals surface area contributed by atoms with Gasteiger partial charge in [-0.2, -0.15) is 0 Å². The maximum Gasteiger partial charge on any atom is 0.282 e. The fourth-order valence-electron chi connectivity index (χ4n) is 3.48. The largest absolute Gasteiger partial charge is 0.497 e. The summed E-state index contributed by atoms with van der Waals surface area (Å²) in [7, 11) is 1.62. The third kappa shape index (κ3) is 4.36. The predicted molar refractivity (Wildman–Crippen MR) is 124 cm³/mol. The molecule has 0 unspecified atom stereocenters. The predicted octanol–water partition coefficient (Wildman–Crippen LogP) is 5.24. The van der Waals surface area contributed by atoms with Gasteiger partial charge in [0.05, 0.1) is 19.4 Å². The molecule has 4 rings (SSSR count). The summed E-state index contributed by atoms with van der Waals surface area (Å²) in [6.45, 7) is 4.55. The molecule has 0 aliphatic carbocycles. The quantitative estimate of drug-likeness (QED) is 0.521. The standard InChI is InChI=1S/C26H24N2O3/c1-4-31-22-13-11-21(12-14-22)28-25(20-9-5-7-18(2)15-20)27-24(26(28)29)17-19-8-6-10-23(16-19)30-3/h5-17H,4H2,1-3H3/b24-17+. The van der Waals surface area contributed by atoms with Crippen LogP contribution in [0.25, 0.3) is 6.08 Å². The third-order valence-electron chi connectivity index (χ3n) is 4.94. The Labute approximate surface area is 182 Å². The Morgan fingerprint density at radius 1 is 0.968 bits per heavy atom. The molecule has 3 aromatic rings. The highest BCUT2D eigenvalue weighted by Gasteiger charge is 2.32. The van der Waals surface area contributed by atoms with Crippen molar-refractivity contribution in [2.45, 2.75) is 13.8 Å². The van der Waals surface area contributed by atoms with Gasteiger partial charge in [-0.15, -0.1) is 0 Å². The van der Waals surface area contributed by atoms with Crippen molar-refractivity contribution in [1.29, 1.82) is 0 Å². The van der Waals surface area contributed by atoms with E-state index in [4.69, 9.17) is 14.5 Å². The highest BCUT2D eigenvalue weighted by Crippen LogP contribution is 2.30. The van der Waals surface area contributed by atoms with E-state index in [-0.39, 0.29) is 5.91 Å². The Bertz CT molecular complexity index is 1160. The zero-order valence-electron chi connectivity index (χ0n) is 17.8. The van der Waals surface area contributed by atoms with Crippen molar-refractivity contribution in [2.24, 2.45) is 4.99 Å². The number of amidine groups is 1. The maximum atomic E-state index is 13.4. The zero-order chi connectivity index (χ0) is 21.8. The summed E-state index contributed by atoms with van der Waals surface area (Å²) in [5.41, 5.74) is 3.95. The number of nitrogens with zero attached hydrogens (tertiary/aromatic N) is 2. The smallest absolute Gasteiger partial charge is 0.282 e. The summed E-state index contributed by atoms with van der Waals surface area (Å²) in [5.74, 6) is 1.92. The van der Waals surface area contributed by atoms with Crippen LogP contribution >= 0.6 is 0 Å². The number of hydrogen-bond donors (Lipinski definition) is 0. The zero-order valence-corrected chi connectivity index (χ0v) is 17.8. The van der Waals surface area contributed by atoms with Crippen molar-refractivity contribution < 1.29 is 14.3 Å². The van der Waals surface area contributed by atoms with Crippen LogP contribution in [0.15, 0.2) is 83.5 Å². The lowest BCUT2D eigenvalue weighted by Gasteiger charge is -2.19. The van der Waals surface area contributed by atoms with Gasteiger partial charge in [0.1, 0.15) is 23.0 Å². The molecule has 3 aromatic carbocycles. The van der Waals surface area contributed by atoms with Gasteiger partial charge in [-0.3, -0.25) is 9.69 Å². The second-order valence-electron chi connectivity index (χ2n) is 7.18. The number of benzene rings is 3. The molecule has 0 fully saturated rings. The van der Waals surface area contributed by atoms with Crippen LogP contribution in [0, 0.1) is 6.92 Å². The second-order valence-corrected chi connectivity index (χ2v) is 7.18. The minimum Gasteiger partial charge on any atom is -0.497 e. The van der Waals surface area contributed by atoms with Gasteiger partial charge in [-0.25, -0.2) is 4.99 Å². The molecule has 5 heteroatoms. The van der Waals surface area contributed by atoms with Gasteiger partial charge in [-0.1, -0.05) is 35.9 Å². The van der Waals surface area contributed by atoms with E-state index in [0.717, 1.165) is 33.9 Å². The van der Waals surface area contributed by atoms with Crippen molar-refractivity contribution in [3.63, 3.8) is 0 Å². The molecule has 1 aliphatic heterocycles. The van der Waals surface area contributed by atoms with E-state index >= 15 is 0 Å². The van der Waals surface area contributed by atoms with Crippen LogP contribution in [0.5, 0.6) is 11.5 Å². The molecule has 0 aromatic heterocycles. The van der Waals surface area contributed by atoms with E-state index < -0.39 is 0 Å². The first kappa shape index (κ1) is 20.4. The van der Waals surface area contributed by atoms with Gasteiger partial charge >= 0.3 is 0 Å². The van der Waals surface area contributed by atoms with Gasteiger partial charge in [-0.05, 0) is 68.0 Å². The number of aliphatic imine (C=N–C) groups is 1. The Morgan fingerprint density at radius 2 is 1.74 bits per heavy atom. The maximum absolute atomic E-state index is 13.4. The van der Waals surface area contributed by atoms with Crippen molar-refractivity contribution in [1.82, 2.24) is 0 Å². The van der Waals surface area contributed by atoms with Crippen LogP contribution in [0.2, 0.25) is 0 Å². The van der Waals surface area contributed by atoms with Crippen molar-refractivity contribution in [2.75, 3.05) is 18.6 Å². The summed E-state index contributed by atoms with van der Waals surface area (Å²) >= 11 is 0. The minimum absolute atomic E-state index is 0.177. The second kappa shape index (κ2) is 8.88. The Morgan fingerprint density at radius 3 is 2.45 bits per heavy atom. The molecule has 0 N–H and O–H groups in total. The van der Waals surface area contributed by atoms with Crippen LogP contribution < -0.4 is 14.4 Å². The number of hydrogen-bond acceptors (Lipinski definition) is 4. The molecule has 1 amide bonds. The molecule has 1 heterocycles. The molecule has 31 heavy (non-hydrogen) atoms. The molecule has 156 valence electrons. The van der Waals surface area contributed by atoms with Crippen LogP contribution in [0.3, 0.4) is 0 Å². The number of carbonyl (C=O) groups excluding carboxylic acids is 1. The summed E-state index contributed by atoms with van der Waals surface area (Å²) in [6.07, 6.45) is 1.79. The lowest BCUT2D eigenvalue weighted by atomic mass is 10.1. The highest BCUT2D eigenvalue weighted by atomic mass is 16.5. The number of amides is 1. The number of ether oxygens (including phenoxy) is 2. The van der Waals surface area contributed by atoms with Crippen molar-refractivity contribution in [3.8, 4) is 11.5 Å². The van der Waals surface area contributed by atoms with Gasteiger partial charge in [0.2, 0.25) is 0 Å². The van der Waals surface area contributed by atoms with E-state index in [1.165, 1.54) is 0 Å². The molecule has 1 aliphatic rings. The fraction of sp³-hybridized carbons (Fsp3) is 0.154. The van der Waals surface area contributed by atoms with E-state index in [9.17, 15) is 4.79 Å². The highest BCUT2D eigenvalue weighted by molar-refractivity contribution is 6.33. The van der Waals surface area contributed by atoms with Crippen LogP contribution in [0.1, 0.15) is 23.6 Å². The molecule has 5 nitrogen and oxygen atoms in total. The lowest BCUT2D eigenvalue weighted by Crippen LogP contribution is -2.32. The molecule has 0 saturated heterocycles. The third-order valence-corrected chi connectivity index (χ3v) is 4.94. The first-order valence-electron chi connectivity index (χ1n) is 10.2. The van der Waals surface area contributed by atoms with Gasteiger partial charge in [0.25, 0.3) is 5.91 Å². The first-order valence-corrected chi connectivity index (χ1v) is 10.2. The van der Waals surface area contributed by atoms with Crippen LogP contribution in [-0.2, 0) is 4.79 Å². The topological polar surface area (TPSA) is 51.1 Å². The number of rotatable bonds is 6. The first-order chi connectivity index (χ1) is 15.1. The summed E-state index contributed by atoms with van der Waals surface area (Å²) in [5, 5.41) is 0. The molecule has 0 atom stereocenters. The number of anilines is 1. The number of aryl methyl sites for hydroxylation is 1. The van der Waals surface area contributed by atoms with Gasteiger partial charge < -0.3 is 9.47 Å². The van der Waals surface area contributed by atoms with Crippen LogP contribution in [-0.4, -0.2) is 25.5 Å².